The van der Waals surface area contributed by atoms with Gasteiger partial charge in [-0.25, -0.2) is 0 Å². The summed E-state index contributed by atoms with van der Waals surface area (Å²) in [6, 6.07) is 7.53. The number of hydrazine groups is 1. The highest BCUT2D eigenvalue weighted by atomic mass is 32.1. The van der Waals surface area contributed by atoms with Gasteiger partial charge in [-0.15, -0.1) is 0 Å². The Balaban J connectivity index is 1.71. The van der Waals surface area contributed by atoms with Crippen molar-refractivity contribution in [3.8, 4) is 0 Å². The summed E-state index contributed by atoms with van der Waals surface area (Å²) in [5.41, 5.74) is 6.51. The molecule has 1 fully saturated rings. The number of amides is 2. The maximum Gasteiger partial charge on any atom is 0.328 e. The second kappa shape index (κ2) is 8.47. The maximum atomic E-state index is 11.8. The van der Waals surface area contributed by atoms with Crippen molar-refractivity contribution in [1.29, 1.82) is 0 Å². The predicted octanol–water partition coefficient (Wildman–Crippen LogP) is 1.76. The summed E-state index contributed by atoms with van der Waals surface area (Å²) in [5, 5.41) is 5.99. The van der Waals surface area contributed by atoms with Gasteiger partial charge in [0.2, 0.25) is 0 Å². The van der Waals surface area contributed by atoms with Crippen LogP contribution in [0.25, 0.3) is 0 Å². The van der Waals surface area contributed by atoms with Crippen LogP contribution in [0.4, 0.5) is 5.69 Å². The molecule has 6 nitrogen and oxygen atoms in total. The van der Waals surface area contributed by atoms with Crippen molar-refractivity contribution in [2.24, 2.45) is 0 Å². The quantitative estimate of drug-likeness (QED) is 0.376. The fourth-order valence-corrected chi connectivity index (χ4v) is 2.68. The smallest absolute Gasteiger partial charge is 0.328 e. The van der Waals surface area contributed by atoms with Gasteiger partial charge in [-0.05, 0) is 44.1 Å². The first-order chi connectivity index (χ1) is 11.0. The normalized spacial score (nSPS) is 14.7. The number of rotatable bonds is 2. The van der Waals surface area contributed by atoms with Crippen LogP contribution in [0.5, 0.6) is 0 Å². The number of hydrogen-bond donors (Lipinski definition) is 4. The van der Waals surface area contributed by atoms with Gasteiger partial charge in [0.25, 0.3) is 0 Å². The van der Waals surface area contributed by atoms with E-state index in [0.717, 1.165) is 18.4 Å². The van der Waals surface area contributed by atoms with E-state index in [9.17, 15) is 9.59 Å². The first-order valence-electron chi connectivity index (χ1n) is 7.79. The Morgan fingerprint density at radius 3 is 2.30 bits per heavy atom. The minimum absolute atomic E-state index is 0.327. The van der Waals surface area contributed by atoms with Gasteiger partial charge in [-0.3, -0.25) is 20.4 Å². The molecule has 1 saturated carbocycles. The zero-order chi connectivity index (χ0) is 16.7. The number of thiocarbonyl (C=S) groups is 1. The Bertz CT molecular complexity index is 568. The first-order valence-corrected chi connectivity index (χ1v) is 8.20. The highest BCUT2D eigenvalue weighted by Gasteiger charge is 2.16. The van der Waals surface area contributed by atoms with E-state index in [-0.39, 0.29) is 0 Å². The SMILES string of the molecule is Cc1ccc(NC(=O)C(=O)NNC(=S)NC2CCCCC2)cc1. The Hall–Kier alpha value is -2.15. The van der Waals surface area contributed by atoms with Crippen molar-refractivity contribution >= 4 is 34.8 Å². The van der Waals surface area contributed by atoms with Crippen molar-refractivity contribution in [2.75, 3.05) is 5.32 Å². The van der Waals surface area contributed by atoms with E-state index in [0.29, 0.717) is 16.8 Å². The molecule has 2 amide bonds. The molecule has 0 saturated heterocycles. The summed E-state index contributed by atoms with van der Waals surface area (Å²) >= 11 is 5.12. The summed E-state index contributed by atoms with van der Waals surface area (Å²) in [4.78, 5) is 23.5. The molecule has 23 heavy (non-hydrogen) atoms. The molecule has 0 heterocycles. The van der Waals surface area contributed by atoms with E-state index < -0.39 is 11.8 Å². The van der Waals surface area contributed by atoms with Crippen LogP contribution in [0.1, 0.15) is 37.7 Å². The van der Waals surface area contributed by atoms with Crippen molar-refractivity contribution in [1.82, 2.24) is 16.2 Å². The molecule has 0 spiro atoms. The van der Waals surface area contributed by atoms with Crippen LogP contribution in [-0.4, -0.2) is 23.0 Å². The van der Waals surface area contributed by atoms with E-state index in [1.54, 1.807) is 12.1 Å². The van der Waals surface area contributed by atoms with Gasteiger partial charge in [-0.1, -0.05) is 37.0 Å². The highest BCUT2D eigenvalue weighted by Crippen LogP contribution is 2.17. The number of aryl methyl sites for hydroxylation is 1. The van der Waals surface area contributed by atoms with Crippen LogP contribution in [-0.2, 0) is 9.59 Å². The van der Waals surface area contributed by atoms with Crippen LogP contribution in [0.3, 0.4) is 0 Å². The van der Waals surface area contributed by atoms with Gasteiger partial charge in [0.1, 0.15) is 0 Å². The molecule has 7 heteroatoms. The van der Waals surface area contributed by atoms with Gasteiger partial charge < -0.3 is 10.6 Å². The third kappa shape index (κ3) is 5.86. The van der Waals surface area contributed by atoms with Crippen molar-refractivity contribution < 1.29 is 9.59 Å². The minimum atomic E-state index is -0.793. The topological polar surface area (TPSA) is 82.3 Å². The lowest BCUT2D eigenvalue weighted by atomic mass is 9.96. The summed E-state index contributed by atoms with van der Waals surface area (Å²) in [6.45, 7) is 1.95. The fourth-order valence-electron chi connectivity index (χ4n) is 2.46. The average molecular weight is 334 g/mol. The second-order valence-electron chi connectivity index (χ2n) is 5.71. The summed E-state index contributed by atoms with van der Waals surface area (Å²) in [6.07, 6.45) is 5.78. The predicted molar refractivity (Wildman–Crippen MR) is 93.7 cm³/mol. The molecule has 0 aromatic heterocycles. The Morgan fingerprint density at radius 1 is 1.00 bits per heavy atom. The molecule has 1 aliphatic rings. The fraction of sp³-hybridized carbons (Fsp3) is 0.438. The van der Waals surface area contributed by atoms with Gasteiger partial charge in [0, 0.05) is 11.7 Å². The van der Waals surface area contributed by atoms with Gasteiger partial charge in [0.05, 0.1) is 0 Å². The summed E-state index contributed by atoms with van der Waals surface area (Å²) in [5.74, 6) is -1.54. The molecule has 0 unspecified atom stereocenters. The van der Waals surface area contributed by atoms with Crippen molar-refractivity contribution in [2.45, 2.75) is 45.1 Å². The van der Waals surface area contributed by atoms with Crippen LogP contribution >= 0.6 is 12.2 Å². The van der Waals surface area contributed by atoms with Crippen LogP contribution in [0.15, 0.2) is 24.3 Å². The van der Waals surface area contributed by atoms with Crippen LogP contribution in [0.2, 0.25) is 0 Å². The number of benzene rings is 1. The number of carbonyl (C=O) groups excluding carboxylic acids is 2. The highest BCUT2D eigenvalue weighted by molar-refractivity contribution is 7.80. The van der Waals surface area contributed by atoms with Gasteiger partial charge >= 0.3 is 11.8 Å². The number of anilines is 1. The molecule has 2 rings (SSSR count). The third-order valence-corrected chi connectivity index (χ3v) is 3.97. The molecule has 4 N–H and O–H groups in total. The van der Waals surface area contributed by atoms with Crippen LogP contribution in [0, 0.1) is 6.92 Å². The van der Waals surface area contributed by atoms with E-state index >= 15 is 0 Å². The Morgan fingerprint density at radius 2 is 1.65 bits per heavy atom. The number of carbonyl (C=O) groups is 2. The van der Waals surface area contributed by atoms with E-state index in [1.807, 2.05) is 19.1 Å². The van der Waals surface area contributed by atoms with Crippen molar-refractivity contribution in [3.05, 3.63) is 29.8 Å². The molecule has 0 atom stereocenters. The molecule has 1 aromatic carbocycles. The third-order valence-electron chi connectivity index (χ3n) is 3.75. The van der Waals surface area contributed by atoms with E-state index in [1.165, 1.54) is 19.3 Å². The lowest BCUT2D eigenvalue weighted by molar-refractivity contribution is -0.136. The number of hydrogen-bond acceptors (Lipinski definition) is 3. The molecule has 0 radical (unpaired) electrons. The van der Waals surface area contributed by atoms with Crippen LogP contribution < -0.4 is 21.5 Å². The molecule has 1 aromatic rings. The van der Waals surface area contributed by atoms with Crippen molar-refractivity contribution in [3.63, 3.8) is 0 Å². The monoisotopic (exact) mass is 334 g/mol. The molecule has 124 valence electrons. The van der Waals surface area contributed by atoms with Gasteiger partial charge in [0.15, 0.2) is 5.11 Å². The Kier molecular flexibility index (Phi) is 6.34. The summed E-state index contributed by atoms with van der Waals surface area (Å²) < 4.78 is 0. The molecule has 0 aliphatic heterocycles. The lowest BCUT2D eigenvalue weighted by Crippen LogP contribution is -2.52. The molecule has 1 aliphatic carbocycles. The molecular weight excluding hydrogens is 312 g/mol. The standard InChI is InChI=1S/C16H22N4O2S/c1-11-7-9-13(10-8-11)17-14(21)15(22)19-20-16(23)18-12-5-3-2-4-6-12/h7-10,12H,2-6H2,1H3,(H,17,21)(H,19,22)(H2,18,20,23). The summed E-state index contributed by atoms with van der Waals surface area (Å²) in [7, 11) is 0. The maximum absolute atomic E-state index is 11.8. The number of nitrogens with one attached hydrogen (secondary N) is 4. The average Bonchev–Trinajstić information content (AvgIpc) is 2.55. The first kappa shape index (κ1) is 17.2. The zero-order valence-electron chi connectivity index (χ0n) is 13.1. The van der Waals surface area contributed by atoms with Gasteiger partial charge in [-0.2, -0.15) is 0 Å². The Labute approximate surface area is 141 Å². The zero-order valence-corrected chi connectivity index (χ0v) is 14.0. The lowest BCUT2D eigenvalue weighted by Gasteiger charge is -2.24. The second-order valence-corrected chi connectivity index (χ2v) is 6.12. The molecule has 0 bridgehead atoms. The van der Waals surface area contributed by atoms with E-state index in [4.69, 9.17) is 12.2 Å². The largest absolute Gasteiger partial charge is 0.359 e. The van der Waals surface area contributed by atoms with E-state index in [2.05, 4.69) is 21.5 Å². The molecular formula is C16H22N4O2S. The minimum Gasteiger partial charge on any atom is -0.359 e.